The molecule has 76 valence electrons. The van der Waals surface area contributed by atoms with Gasteiger partial charge in [0.2, 0.25) is 0 Å². The van der Waals surface area contributed by atoms with Gasteiger partial charge in [0.15, 0.2) is 0 Å². The molecule has 2 unspecified atom stereocenters. The van der Waals surface area contributed by atoms with E-state index >= 15 is 0 Å². The molecular formula is C9H17NO3. The summed E-state index contributed by atoms with van der Waals surface area (Å²) in [4.78, 5) is 10.7. The van der Waals surface area contributed by atoms with Crippen LogP contribution in [0.3, 0.4) is 0 Å². The number of nitrogens with two attached hydrogens (primary N) is 1. The Labute approximate surface area is 78.4 Å². The highest BCUT2D eigenvalue weighted by Crippen LogP contribution is 2.30. The third-order valence-corrected chi connectivity index (χ3v) is 2.70. The highest BCUT2D eigenvalue weighted by Gasteiger charge is 2.27. The van der Waals surface area contributed by atoms with E-state index in [0.29, 0.717) is 25.0 Å². The van der Waals surface area contributed by atoms with Crippen LogP contribution < -0.4 is 5.73 Å². The van der Waals surface area contributed by atoms with Crippen LogP contribution in [0.15, 0.2) is 0 Å². The SMILES string of the molecule is COC(=O)OCC1CCCC1CN. The third-order valence-electron chi connectivity index (χ3n) is 2.70. The van der Waals surface area contributed by atoms with Crippen molar-refractivity contribution in [3.05, 3.63) is 0 Å². The van der Waals surface area contributed by atoms with Gasteiger partial charge in [0, 0.05) is 0 Å². The fraction of sp³-hybridized carbons (Fsp3) is 0.889. The Kier molecular flexibility index (Phi) is 4.02. The van der Waals surface area contributed by atoms with Crippen LogP contribution in [0.25, 0.3) is 0 Å². The zero-order valence-electron chi connectivity index (χ0n) is 7.99. The maximum absolute atomic E-state index is 10.7. The fourth-order valence-electron chi connectivity index (χ4n) is 1.88. The molecule has 1 aliphatic rings. The molecule has 0 amide bonds. The van der Waals surface area contributed by atoms with Crippen molar-refractivity contribution in [2.24, 2.45) is 17.6 Å². The number of carbonyl (C=O) groups is 1. The van der Waals surface area contributed by atoms with Gasteiger partial charge in [-0.15, -0.1) is 0 Å². The molecule has 1 rings (SSSR count). The van der Waals surface area contributed by atoms with E-state index in [9.17, 15) is 4.79 Å². The van der Waals surface area contributed by atoms with Gasteiger partial charge in [-0.2, -0.15) is 0 Å². The molecule has 0 radical (unpaired) electrons. The average molecular weight is 187 g/mol. The summed E-state index contributed by atoms with van der Waals surface area (Å²) in [7, 11) is 1.32. The Morgan fingerprint density at radius 1 is 1.46 bits per heavy atom. The second-order valence-corrected chi connectivity index (χ2v) is 3.45. The first-order valence-corrected chi connectivity index (χ1v) is 4.68. The highest BCUT2D eigenvalue weighted by molar-refractivity contribution is 5.59. The van der Waals surface area contributed by atoms with Gasteiger partial charge in [-0.05, 0) is 31.2 Å². The van der Waals surface area contributed by atoms with Gasteiger partial charge in [-0.25, -0.2) is 4.79 Å². The summed E-state index contributed by atoms with van der Waals surface area (Å²) in [6.45, 7) is 1.14. The molecule has 0 aromatic rings. The van der Waals surface area contributed by atoms with Crippen LogP contribution >= 0.6 is 0 Å². The van der Waals surface area contributed by atoms with Crippen LogP contribution in [0.1, 0.15) is 19.3 Å². The molecule has 2 N–H and O–H groups in total. The summed E-state index contributed by atoms with van der Waals surface area (Å²) in [5, 5.41) is 0. The van der Waals surface area contributed by atoms with Crippen molar-refractivity contribution in [1.29, 1.82) is 0 Å². The standard InChI is InChI=1S/C9H17NO3/c1-12-9(11)13-6-8-4-2-3-7(8)5-10/h7-8H,2-6,10H2,1H3. The van der Waals surface area contributed by atoms with Crippen LogP contribution in [0, 0.1) is 11.8 Å². The molecule has 0 saturated heterocycles. The number of hydrogen-bond acceptors (Lipinski definition) is 4. The van der Waals surface area contributed by atoms with Crippen molar-refractivity contribution in [3.63, 3.8) is 0 Å². The number of hydrogen-bond donors (Lipinski definition) is 1. The van der Waals surface area contributed by atoms with Gasteiger partial charge in [0.25, 0.3) is 0 Å². The molecule has 0 bridgehead atoms. The lowest BCUT2D eigenvalue weighted by Crippen LogP contribution is -2.23. The molecule has 1 aliphatic carbocycles. The first-order chi connectivity index (χ1) is 6.27. The van der Waals surface area contributed by atoms with E-state index in [1.165, 1.54) is 13.5 Å². The Bertz CT molecular complexity index is 172. The molecule has 0 heterocycles. The van der Waals surface area contributed by atoms with E-state index in [1.807, 2.05) is 0 Å². The maximum atomic E-state index is 10.7. The van der Waals surface area contributed by atoms with Gasteiger partial charge < -0.3 is 15.2 Å². The molecule has 13 heavy (non-hydrogen) atoms. The summed E-state index contributed by atoms with van der Waals surface area (Å²) >= 11 is 0. The van der Waals surface area contributed by atoms with Crippen molar-refractivity contribution in [3.8, 4) is 0 Å². The molecule has 1 fully saturated rings. The van der Waals surface area contributed by atoms with Gasteiger partial charge in [0.1, 0.15) is 0 Å². The van der Waals surface area contributed by atoms with Crippen LogP contribution in [0.4, 0.5) is 4.79 Å². The van der Waals surface area contributed by atoms with Crippen LogP contribution in [-0.2, 0) is 9.47 Å². The number of ether oxygens (including phenoxy) is 2. The second-order valence-electron chi connectivity index (χ2n) is 3.45. The molecule has 4 heteroatoms. The van der Waals surface area contributed by atoms with Gasteiger partial charge in [0.05, 0.1) is 13.7 Å². The summed E-state index contributed by atoms with van der Waals surface area (Å²) in [6.07, 6.45) is 2.87. The molecule has 4 nitrogen and oxygen atoms in total. The third kappa shape index (κ3) is 2.88. The predicted molar refractivity (Wildman–Crippen MR) is 48.2 cm³/mol. The highest BCUT2D eigenvalue weighted by atomic mass is 16.7. The van der Waals surface area contributed by atoms with Crippen molar-refractivity contribution in [2.75, 3.05) is 20.3 Å². The Balaban J connectivity index is 2.23. The van der Waals surface area contributed by atoms with E-state index in [-0.39, 0.29) is 0 Å². The van der Waals surface area contributed by atoms with E-state index in [2.05, 4.69) is 4.74 Å². The molecule has 0 aliphatic heterocycles. The van der Waals surface area contributed by atoms with Crippen molar-refractivity contribution in [1.82, 2.24) is 0 Å². The lowest BCUT2D eigenvalue weighted by Gasteiger charge is -2.16. The topological polar surface area (TPSA) is 61.5 Å². The summed E-state index contributed by atoms with van der Waals surface area (Å²) < 4.78 is 9.28. The summed E-state index contributed by atoms with van der Waals surface area (Å²) in [5.41, 5.74) is 5.59. The predicted octanol–water partition coefficient (Wildman–Crippen LogP) is 1.14. The van der Waals surface area contributed by atoms with Crippen molar-refractivity contribution < 1.29 is 14.3 Å². The first kappa shape index (κ1) is 10.3. The molecule has 0 spiro atoms. The fourth-order valence-corrected chi connectivity index (χ4v) is 1.88. The average Bonchev–Trinajstić information content (AvgIpc) is 2.61. The Morgan fingerprint density at radius 3 is 2.77 bits per heavy atom. The maximum Gasteiger partial charge on any atom is 0.507 e. The second kappa shape index (κ2) is 5.07. The monoisotopic (exact) mass is 187 g/mol. The van der Waals surface area contributed by atoms with E-state index in [4.69, 9.17) is 10.5 Å². The summed E-state index contributed by atoms with van der Waals surface area (Å²) in [5.74, 6) is 0.953. The lowest BCUT2D eigenvalue weighted by atomic mass is 9.97. The number of rotatable bonds is 3. The smallest absolute Gasteiger partial charge is 0.438 e. The van der Waals surface area contributed by atoms with Gasteiger partial charge in [-0.3, -0.25) is 0 Å². The van der Waals surface area contributed by atoms with Crippen LogP contribution in [0.2, 0.25) is 0 Å². The minimum absolute atomic E-state index is 0.434. The van der Waals surface area contributed by atoms with Crippen molar-refractivity contribution >= 4 is 6.16 Å². The minimum atomic E-state index is -0.595. The van der Waals surface area contributed by atoms with Crippen LogP contribution in [-0.4, -0.2) is 26.4 Å². The van der Waals surface area contributed by atoms with E-state index in [1.54, 1.807) is 0 Å². The van der Waals surface area contributed by atoms with Crippen LogP contribution in [0.5, 0.6) is 0 Å². The molecule has 0 aromatic carbocycles. The van der Waals surface area contributed by atoms with Crippen molar-refractivity contribution in [2.45, 2.75) is 19.3 Å². The van der Waals surface area contributed by atoms with Gasteiger partial charge >= 0.3 is 6.16 Å². The normalized spacial score (nSPS) is 27.2. The number of carbonyl (C=O) groups excluding carboxylic acids is 1. The largest absolute Gasteiger partial charge is 0.507 e. The van der Waals surface area contributed by atoms with E-state index in [0.717, 1.165) is 12.8 Å². The quantitative estimate of drug-likeness (QED) is 0.673. The Morgan fingerprint density at radius 2 is 2.15 bits per heavy atom. The molecular weight excluding hydrogens is 170 g/mol. The molecule has 2 atom stereocenters. The summed E-state index contributed by atoms with van der Waals surface area (Å²) in [6, 6.07) is 0. The minimum Gasteiger partial charge on any atom is -0.438 e. The number of methoxy groups -OCH3 is 1. The molecule has 1 saturated carbocycles. The lowest BCUT2D eigenvalue weighted by molar-refractivity contribution is 0.0551. The van der Waals surface area contributed by atoms with Gasteiger partial charge in [-0.1, -0.05) is 6.42 Å². The molecule has 0 aromatic heterocycles. The Hall–Kier alpha value is -0.770. The van der Waals surface area contributed by atoms with E-state index < -0.39 is 6.16 Å². The zero-order valence-corrected chi connectivity index (χ0v) is 7.99. The first-order valence-electron chi connectivity index (χ1n) is 4.68. The zero-order chi connectivity index (χ0) is 9.68.